The fourth-order valence-electron chi connectivity index (χ4n) is 2.16. The Morgan fingerprint density at radius 2 is 2.14 bits per heavy atom. The average molecular weight is 316 g/mol. The molecule has 0 fully saturated rings. The summed E-state index contributed by atoms with van der Waals surface area (Å²) in [5.41, 5.74) is 2.62. The summed E-state index contributed by atoms with van der Waals surface area (Å²) in [6.07, 6.45) is 3.13. The highest BCUT2D eigenvalue weighted by Crippen LogP contribution is 2.40. The smallest absolute Gasteiger partial charge is 0.248 e. The first-order chi connectivity index (χ1) is 10.6. The van der Waals surface area contributed by atoms with Crippen LogP contribution in [0.3, 0.4) is 0 Å². The van der Waals surface area contributed by atoms with E-state index in [1.807, 2.05) is 31.2 Å². The van der Waals surface area contributed by atoms with Gasteiger partial charge in [-0.05, 0) is 48.4 Å². The average Bonchev–Trinajstić information content (AvgIpc) is 2.94. The summed E-state index contributed by atoms with van der Waals surface area (Å²) < 4.78 is 10.5. The van der Waals surface area contributed by atoms with E-state index >= 15 is 0 Å². The van der Waals surface area contributed by atoms with E-state index in [1.54, 1.807) is 18.2 Å². The highest BCUT2D eigenvalue weighted by molar-refractivity contribution is 6.32. The van der Waals surface area contributed by atoms with Crippen molar-refractivity contribution in [2.75, 3.05) is 12.1 Å². The fourth-order valence-corrected chi connectivity index (χ4v) is 2.44. The van der Waals surface area contributed by atoms with Crippen molar-refractivity contribution in [1.82, 2.24) is 0 Å². The topological polar surface area (TPSA) is 47.6 Å². The van der Waals surface area contributed by atoms with Gasteiger partial charge in [0.1, 0.15) is 0 Å². The fraction of sp³-hybridized carbons (Fsp3) is 0.118. The summed E-state index contributed by atoms with van der Waals surface area (Å²) in [6.45, 7) is 2.14. The van der Waals surface area contributed by atoms with Crippen molar-refractivity contribution < 1.29 is 14.3 Å². The van der Waals surface area contributed by atoms with E-state index in [4.69, 9.17) is 21.1 Å². The Morgan fingerprint density at radius 3 is 2.95 bits per heavy atom. The normalized spacial score (nSPS) is 12.6. The largest absolute Gasteiger partial charge is 0.454 e. The maximum absolute atomic E-state index is 11.9. The molecular formula is C17H14ClNO3. The van der Waals surface area contributed by atoms with Crippen molar-refractivity contribution in [2.24, 2.45) is 0 Å². The number of halogens is 1. The molecule has 2 aromatic rings. The second-order valence-electron chi connectivity index (χ2n) is 4.93. The molecule has 0 saturated carbocycles. The third kappa shape index (κ3) is 3.23. The zero-order chi connectivity index (χ0) is 15.5. The van der Waals surface area contributed by atoms with E-state index in [0.29, 0.717) is 16.5 Å². The minimum absolute atomic E-state index is 0.163. The number of rotatable bonds is 3. The predicted molar refractivity (Wildman–Crippen MR) is 86.4 cm³/mol. The number of ether oxygens (including phenoxy) is 2. The van der Waals surface area contributed by atoms with E-state index in [9.17, 15) is 4.79 Å². The number of carbonyl (C=O) groups excluding carboxylic acids is 1. The molecular weight excluding hydrogens is 302 g/mol. The van der Waals surface area contributed by atoms with Crippen molar-refractivity contribution in [1.29, 1.82) is 0 Å². The van der Waals surface area contributed by atoms with Gasteiger partial charge in [-0.2, -0.15) is 0 Å². The molecule has 3 rings (SSSR count). The molecule has 1 heterocycles. The van der Waals surface area contributed by atoms with Crippen LogP contribution in [0.5, 0.6) is 11.5 Å². The maximum Gasteiger partial charge on any atom is 0.248 e. The number of nitrogens with one attached hydrogen (secondary N) is 1. The Bertz CT molecular complexity index is 756. The maximum atomic E-state index is 11.9. The van der Waals surface area contributed by atoms with Gasteiger partial charge in [0.05, 0.1) is 5.02 Å². The molecule has 1 aliphatic rings. The third-order valence-corrected chi connectivity index (χ3v) is 3.44. The molecule has 22 heavy (non-hydrogen) atoms. The lowest BCUT2D eigenvalue weighted by molar-refractivity contribution is -0.111. The van der Waals surface area contributed by atoms with Crippen LogP contribution in [-0.2, 0) is 4.79 Å². The molecule has 5 heteroatoms. The number of carbonyl (C=O) groups is 1. The zero-order valence-corrected chi connectivity index (χ0v) is 12.7. The number of hydrogen-bond acceptors (Lipinski definition) is 3. The number of benzene rings is 2. The first-order valence-corrected chi connectivity index (χ1v) is 7.14. The SMILES string of the molecule is Cc1cccc(NC(=O)/C=C/c2cc(Cl)c3c(c2)OCO3)c1. The molecule has 0 bridgehead atoms. The number of anilines is 1. The summed E-state index contributed by atoms with van der Waals surface area (Å²) >= 11 is 6.10. The highest BCUT2D eigenvalue weighted by Gasteiger charge is 2.17. The molecule has 0 spiro atoms. The molecule has 112 valence electrons. The van der Waals surface area contributed by atoms with Crippen LogP contribution in [0, 0.1) is 6.92 Å². The highest BCUT2D eigenvalue weighted by atomic mass is 35.5. The Balaban J connectivity index is 1.71. The first kappa shape index (κ1) is 14.5. The summed E-state index contributed by atoms with van der Waals surface area (Å²) in [7, 11) is 0. The van der Waals surface area contributed by atoms with Crippen molar-refractivity contribution in [3.8, 4) is 11.5 Å². The van der Waals surface area contributed by atoms with E-state index in [0.717, 1.165) is 16.8 Å². The molecule has 0 saturated heterocycles. The zero-order valence-electron chi connectivity index (χ0n) is 11.9. The van der Waals surface area contributed by atoms with Crippen LogP contribution in [0.2, 0.25) is 5.02 Å². The van der Waals surface area contributed by atoms with Crippen LogP contribution in [0.4, 0.5) is 5.69 Å². The molecule has 0 aromatic heterocycles. The minimum Gasteiger partial charge on any atom is -0.454 e. The van der Waals surface area contributed by atoms with Crippen LogP contribution in [0.1, 0.15) is 11.1 Å². The number of fused-ring (bicyclic) bond motifs is 1. The molecule has 1 N–H and O–H groups in total. The lowest BCUT2D eigenvalue weighted by Crippen LogP contribution is -2.07. The van der Waals surface area contributed by atoms with Crippen molar-refractivity contribution in [3.63, 3.8) is 0 Å². The Hall–Kier alpha value is -2.46. The number of aryl methyl sites for hydroxylation is 1. The van der Waals surface area contributed by atoms with Crippen LogP contribution in [-0.4, -0.2) is 12.7 Å². The molecule has 1 aliphatic heterocycles. The minimum atomic E-state index is -0.209. The first-order valence-electron chi connectivity index (χ1n) is 6.77. The standard InChI is InChI=1S/C17H14ClNO3/c1-11-3-2-4-13(7-11)19-16(20)6-5-12-8-14(18)17-15(9-12)21-10-22-17/h2-9H,10H2,1H3,(H,19,20)/b6-5+. The monoisotopic (exact) mass is 315 g/mol. The van der Waals surface area contributed by atoms with Gasteiger partial charge in [-0.25, -0.2) is 0 Å². The molecule has 0 aliphatic carbocycles. The van der Waals surface area contributed by atoms with Crippen LogP contribution in [0.15, 0.2) is 42.5 Å². The Morgan fingerprint density at radius 1 is 1.27 bits per heavy atom. The number of hydrogen-bond donors (Lipinski definition) is 1. The van der Waals surface area contributed by atoms with E-state index in [2.05, 4.69) is 5.32 Å². The van der Waals surface area contributed by atoms with Gasteiger partial charge in [0, 0.05) is 11.8 Å². The van der Waals surface area contributed by atoms with Crippen molar-refractivity contribution in [3.05, 3.63) is 58.6 Å². The molecule has 0 unspecified atom stereocenters. The van der Waals surface area contributed by atoms with Gasteiger partial charge in [0.2, 0.25) is 12.7 Å². The van der Waals surface area contributed by atoms with Crippen molar-refractivity contribution >= 4 is 29.3 Å². The van der Waals surface area contributed by atoms with E-state index in [-0.39, 0.29) is 12.7 Å². The van der Waals surface area contributed by atoms with Crippen LogP contribution >= 0.6 is 11.6 Å². The Labute approximate surface area is 133 Å². The third-order valence-electron chi connectivity index (χ3n) is 3.16. The van der Waals surface area contributed by atoms with E-state index in [1.165, 1.54) is 6.08 Å². The molecule has 2 aromatic carbocycles. The van der Waals surface area contributed by atoms with Gasteiger partial charge >= 0.3 is 0 Å². The summed E-state index contributed by atoms with van der Waals surface area (Å²) in [5, 5.41) is 3.27. The summed E-state index contributed by atoms with van der Waals surface area (Å²) in [5.74, 6) is 0.925. The molecule has 4 nitrogen and oxygen atoms in total. The van der Waals surface area contributed by atoms with Gasteiger partial charge in [-0.15, -0.1) is 0 Å². The van der Waals surface area contributed by atoms with Gasteiger partial charge in [0.15, 0.2) is 11.5 Å². The van der Waals surface area contributed by atoms with Gasteiger partial charge < -0.3 is 14.8 Å². The van der Waals surface area contributed by atoms with Gasteiger partial charge in [-0.3, -0.25) is 4.79 Å². The van der Waals surface area contributed by atoms with Crippen LogP contribution < -0.4 is 14.8 Å². The van der Waals surface area contributed by atoms with Crippen LogP contribution in [0.25, 0.3) is 6.08 Å². The summed E-state index contributed by atoms with van der Waals surface area (Å²) in [4.78, 5) is 11.9. The van der Waals surface area contributed by atoms with Crippen molar-refractivity contribution in [2.45, 2.75) is 6.92 Å². The van der Waals surface area contributed by atoms with E-state index < -0.39 is 0 Å². The molecule has 0 atom stereocenters. The number of amides is 1. The molecule has 0 radical (unpaired) electrons. The van der Waals surface area contributed by atoms with Gasteiger partial charge in [0.25, 0.3) is 0 Å². The summed E-state index contributed by atoms with van der Waals surface area (Å²) in [6, 6.07) is 11.1. The lowest BCUT2D eigenvalue weighted by Gasteiger charge is -2.03. The lowest BCUT2D eigenvalue weighted by atomic mass is 10.2. The van der Waals surface area contributed by atoms with Gasteiger partial charge in [-0.1, -0.05) is 23.7 Å². The second-order valence-corrected chi connectivity index (χ2v) is 5.34. The quantitative estimate of drug-likeness (QED) is 0.870. The predicted octanol–water partition coefficient (Wildman–Crippen LogP) is 4.03. The second kappa shape index (κ2) is 6.12. The molecule has 1 amide bonds. The Kier molecular flexibility index (Phi) is 4.02.